The molecule has 148 valence electrons. The highest BCUT2D eigenvalue weighted by molar-refractivity contribution is 5.92. The van der Waals surface area contributed by atoms with Gasteiger partial charge < -0.3 is 19.4 Å². The number of anilines is 2. The first-order chi connectivity index (χ1) is 13.7. The molecule has 0 unspecified atom stereocenters. The molecular formula is C21H27N5O2. The third-order valence-electron chi connectivity index (χ3n) is 5.55. The number of aromatic nitrogens is 2. The van der Waals surface area contributed by atoms with Gasteiger partial charge in [0.15, 0.2) is 11.5 Å². The summed E-state index contributed by atoms with van der Waals surface area (Å²) in [6.45, 7) is 5.25. The van der Waals surface area contributed by atoms with E-state index in [0.29, 0.717) is 5.69 Å². The summed E-state index contributed by atoms with van der Waals surface area (Å²) >= 11 is 0. The van der Waals surface area contributed by atoms with Crippen molar-refractivity contribution in [2.45, 2.75) is 19.3 Å². The Morgan fingerprint density at radius 2 is 1.50 bits per heavy atom. The van der Waals surface area contributed by atoms with Gasteiger partial charge in [0, 0.05) is 45.0 Å². The minimum atomic E-state index is 0.00285. The van der Waals surface area contributed by atoms with Gasteiger partial charge in [0.25, 0.3) is 5.91 Å². The Bertz CT molecular complexity index is 779. The molecule has 0 aliphatic carbocycles. The molecule has 2 aromatic rings. The molecule has 0 N–H and O–H groups in total. The Morgan fingerprint density at radius 1 is 0.821 bits per heavy atom. The molecule has 0 atom stereocenters. The molecule has 4 rings (SSSR count). The van der Waals surface area contributed by atoms with E-state index in [1.807, 2.05) is 29.2 Å². The van der Waals surface area contributed by atoms with Gasteiger partial charge in [-0.3, -0.25) is 4.79 Å². The van der Waals surface area contributed by atoms with E-state index in [1.165, 1.54) is 12.1 Å². The Morgan fingerprint density at radius 3 is 2.11 bits per heavy atom. The summed E-state index contributed by atoms with van der Waals surface area (Å²) in [4.78, 5) is 19.0. The van der Waals surface area contributed by atoms with Crippen molar-refractivity contribution in [1.29, 1.82) is 0 Å². The molecule has 7 nitrogen and oxygen atoms in total. The summed E-state index contributed by atoms with van der Waals surface area (Å²) < 4.78 is 5.23. The van der Waals surface area contributed by atoms with E-state index in [-0.39, 0.29) is 5.91 Å². The molecular weight excluding hydrogens is 354 g/mol. The van der Waals surface area contributed by atoms with Gasteiger partial charge in [-0.2, -0.15) is 0 Å². The van der Waals surface area contributed by atoms with Gasteiger partial charge in [-0.25, -0.2) is 0 Å². The maximum absolute atomic E-state index is 12.5. The first-order valence-electron chi connectivity index (χ1n) is 10.0. The lowest BCUT2D eigenvalue weighted by atomic mass is 10.1. The fourth-order valence-electron chi connectivity index (χ4n) is 3.85. The van der Waals surface area contributed by atoms with Crippen LogP contribution in [0.1, 0.15) is 29.8 Å². The molecule has 0 spiro atoms. The number of ether oxygens (including phenoxy) is 1. The quantitative estimate of drug-likeness (QED) is 0.811. The van der Waals surface area contributed by atoms with E-state index in [2.05, 4.69) is 32.1 Å². The Labute approximate surface area is 165 Å². The molecule has 0 bridgehead atoms. The second-order valence-electron chi connectivity index (χ2n) is 7.30. The van der Waals surface area contributed by atoms with Crippen LogP contribution in [-0.2, 0) is 0 Å². The first kappa shape index (κ1) is 18.5. The number of methoxy groups -OCH3 is 1. The summed E-state index contributed by atoms with van der Waals surface area (Å²) in [7, 11) is 1.68. The first-order valence-corrected chi connectivity index (χ1v) is 10.0. The summed E-state index contributed by atoms with van der Waals surface area (Å²) in [6.07, 6.45) is 3.36. The zero-order valence-electron chi connectivity index (χ0n) is 16.4. The smallest absolute Gasteiger partial charge is 0.274 e. The van der Waals surface area contributed by atoms with Crippen molar-refractivity contribution in [3.8, 4) is 5.75 Å². The lowest BCUT2D eigenvalue weighted by Gasteiger charge is -2.36. The van der Waals surface area contributed by atoms with Crippen LogP contribution in [0.25, 0.3) is 0 Å². The van der Waals surface area contributed by atoms with Crippen molar-refractivity contribution < 1.29 is 9.53 Å². The highest BCUT2D eigenvalue weighted by Crippen LogP contribution is 2.22. The van der Waals surface area contributed by atoms with Crippen molar-refractivity contribution in [2.24, 2.45) is 0 Å². The van der Waals surface area contributed by atoms with Crippen LogP contribution in [0.15, 0.2) is 36.4 Å². The van der Waals surface area contributed by atoms with Crippen LogP contribution in [-0.4, -0.2) is 67.4 Å². The van der Waals surface area contributed by atoms with Gasteiger partial charge in [-0.1, -0.05) is 0 Å². The molecule has 3 heterocycles. The molecule has 7 heteroatoms. The SMILES string of the molecule is COc1ccc(N2CCN(c3ccc(C(=O)N4CCCCC4)nn3)CC2)cc1. The van der Waals surface area contributed by atoms with Crippen LogP contribution in [0.3, 0.4) is 0 Å². The fraction of sp³-hybridized carbons (Fsp3) is 0.476. The lowest BCUT2D eigenvalue weighted by molar-refractivity contribution is 0.0717. The lowest BCUT2D eigenvalue weighted by Crippen LogP contribution is -2.47. The molecule has 2 fully saturated rings. The third-order valence-corrected chi connectivity index (χ3v) is 5.55. The van der Waals surface area contributed by atoms with E-state index < -0.39 is 0 Å². The highest BCUT2D eigenvalue weighted by atomic mass is 16.5. The van der Waals surface area contributed by atoms with Crippen LogP contribution < -0.4 is 14.5 Å². The Hall–Kier alpha value is -2.83. The topological polar surface area (TPSA) is 61.8 Å². The number of hydrogen-bond acceptors (Lipinski definition) is 6. The maximum atomic E-state index is 12.5. The second-order valence-corrected chi connectivity index (χ2v) is 7.30. The van der Waals surface area contributed by atoms with Crippen molar-refractivity contribution in [1.82, 2.24) is 15.1 Å². The average Bonchev–Trinajstić information content (AvgIpc) is 2.79. The van der Waals surface area contributed by atoms with Crippen LogP contribution >= 0.6 is 0 Å². The van der Waals surface area contributed by atoms with Crippen LogP contribution in [0, 0.1) is 0 Å². The number of carbonyl (C=O) groups excluding carboxylic acids is 1. The van der Waals surface area contributed by atoms with Crippen LogP contribution in [0.5, 0.6) is 5.75 Å². The number of piperidine rings is 1. The van der Waals surface area contributed by atoms with Gasteiger partial charge in [0.2, 0.25) is 0 Å². The fourth-order valence-corrected chi connectivity index (χ4v) is 3.85. The molecule has 2 saturated heterocycles. The van der Waals surface area contributed by atoms with Crippen molar-refractivity contribution in [3.63, 3.8) is 0 Å². The van der Waals surface area contributed by atoms with E-state index in [4.69, 9.17) is 4.74 Å². The van der Waals surface area contributed by atoms with Gasteiger partial charge in [-0.15, -0.1) is 10.2 Å². The Kier molecular flexibility index (Phi) is 5.60. The summed E-state index contributed by atoms with van der Waals surface area (Å²) in [5.74, 6) is 1.71. The van der Waals surface area contributed by atoms with Crippen LogP contribution in [0.2, 0.25) is 0 Å². The second kappa shape index (κ2) is 8.46. The highest BCUT2D eigenvalue weighted by Gasteiger charge is 2.22. The van der Waals surface area contributed by atoms with E-state index >= 15 is 0 Å². The zero-order valence-corrected chi connectivity index (χ0v) is 16.4. The maximum Gasteiger partial charge on any atom is 0.274 e. The number of piperazine rings is 1. The number of benzene rings is 1. The number of carbonyl (C=O) groups is 1. The number of hydrogen-bond donors (Lipinski definition) is 0. The minimum absolute atomic E-state index is 0.00285. The summed E-state index contributed by atoms with van der Waals surface area (Å²) in [5.41, 5.74) is 1.65. The van der Waals surface area contributed by atoms with Gasteiger partial charge in [0.05, 0.1) is 7.11 Å². The van der Waals surface area contributed by atoms with Gasteiger partial charge in [0.1, 0.15) is 5.75 Å². The van der Waals surface area contributed by atoms with Gasteiger partial charge >= 0.3 is 0 Å². The number of amides is 1. The molecule has 1 aromatic carbocycles. The molecule has 0 saturated carbocycles. The normalized spacial score (nSPS) is 17.5. The molecule has 2 aliphatic heterocycles. The number of nitrogens with zero attached hydrogens (tertiary/aromatic N) is 5. The average molecular weight is 381 g/mol. The van der Waals surface area contributed by atoms with Crippen LogP contribution in [0.4, 0.5) is 11.5 Å². The molecule has 1 aromatic heterocycles. The molecule has 2 aliphatic rings. The largest absolute Gasteiger partial charge is 0.497 e. The summed E-state index contributed by atoms with van der Waals surface area (Å²) in [5, 5.41) is 8.55. The predicted molar refractivity (Wildman–Crippen MR) is 109 cm³/mol. The summed E-state index contributed by atoms with van der Waals surface area (Å²) in [6, 6.07) is 11.9. The monoisotopic (exact) mass is 381 g/mol. The Balaban J connectivity index is 1.34. The third kappa shape index (κ3) is 4.03. The van der Waals surface area contributed by atoms with Crippen molar-refractivity contribution >= 4 is 17.4 Å². The molecule has 28 heavy (non-hydrogen) atoms. The van der Waals surface area contributed by atoms with E-state index in [1.54, 1.807) is 7.11 Å². The standard InChI is InChI=1S/C21H27N5O2/c1-28-18-7-5-17(6-8-18)24-13-15-25(16-14-24)20-10-9-19(22-23-20)21(27)26-11-3-2-4-12-26/h5-10H,2-4,11-16H2,1H3. The van der Waals surface area contributed by atoms with E-state index in [9.17, 15) is 4.79 Å². The van der Waals surface area contributed by atoms with E-state index in [0.717, 1.165) is 63.7 Å². The van der Waals surface area contributed by atoms with Crippen molar-refractivity contribution in [3.05, 3.63) is 42.1 Å². The van der Waals surface area contributed by atoms with Crippen molar-refractivity contribution in [2.75, 3.05) is 56.2 Å². The molecule has 1 amide bonds. The number of likely N-dealkylation sites (tertiary alicyclic amines) is 1. The van der Waals surface area contributed by atoms with Gasteiger partial charge in [-0.05, 0) is 55.7 Å². The minimum Gasteiger partial charge on any atom is -0.497 e. The zero-order chi connectivity index (χ0) is 19.3. The number of rotatable bonds is 4. The molecule has 0 radical (unpaired) electrons. The predicted octanol–water partition coefficient (Wildman–Crippen LogP) is 2.44.